The molecule has 4 heteroatoms. The first-order chi connectivity index (χ1) is 8.54. The molecule has 18 heavy (non-hydrogen) atoms. The molecule has 108 valence electrons. The molecule has 0 aromatic rings. The summed E-state index contributed by atoms with van der Waals surface area (Å²) < 4.78 is 0. The quantitative estimate of drug-likeness (QED) is 0.580. The van der Waals surface area contributed by atoms with E-state index in [4.69, 9.17) is 10.2 Å². The Morgan fingerprint density at radius 2 is 0.944 bits per heavy atom. The van der Waals surface area contributed by atoms with Crippen molar-refractivity contribution in [3.63, 3.8) is 0 Å². The summed E-state index contributed by atoms with van der Waals surface area (Å²) in [5, 5.41) is 15.8. The second-order valence-electron chi connectivity index (χ2n) is 4.41. The van der Waals surface area contributed by atoms with E-state index in [9.17, 15) is 9.59 Å². The highest BCUT2D eigenvalue weighted by molar-refractivity contribution is 5.75. The summed E-state index contributed by atoms with van der Waals surface area (Å²) >= 11 is 0. The van der Waals surface area contributed by atoms with Crippen molar-refractivity contribution in [3.8, 4) is 0 Å². The average Bonchev–Trinajstić information content (AvgIpc) is 2.32. The van der Waals surface area contributed by atoms with Crippen molar-refractivity contribution in [3.05, 3.63) is 0 Å². The van der Waals surface area contributed by atoms with Gasteiger partial charge < -0.3 is 10.2 Å². The lowest BCUT2D eigenvalue weighted by Crippen LogP contribution is -2.00. The van der Waals surface area contributed by atoms with Crippen LogP contribution >= 0.6 is 0 Å². The molecular weight excluding hydrogens is 232 g/mol. The average molecular weight is 260 g/mol. The van der Waals surface area contributed by atoms with Crippen LogP contribution in [0.5, 0.6) is 0 Å². The molecule has 0 heterocycles. The van der Waals surface area contributed by atoms with E-state index in [0.29, 0.717) is 0 Å². The van der Waals surface area contributed by atoms with Gasteiger partial charge in [-0.15, -0.1) is 0 Å². The molecule has 2 N–H and O–H groups in total. The van der Waals surface area contributed by atoms with E-state index in [1.54, 1.807) is 0 Å². The zero-order valence-corrected chi connectivity index (χ0v) is 11.8. The van der Waals surface area contributed by atoms with Crippen LogP contribution in [0.1, 0.15) is 78.1 Å². The third kappa shape index (κ3) is 24.3. The van der Waals surface area contributed by atoms with E-state index in [0.717, 1.165) is 0 Å². The highest BCUT2D eigenvalue weighted by Crippen LogP contribution is 2.07. The molecule has 0 aromatic heterocycles. The first-order valence-corrected chi connectivity index (χ1v) is 6.98. The number of carbonyl (C=O) groups is 2. The minimum Gasteiger partial charge on any atom is -0.481 e. The van der Waals surface area contributed by atoms with Crippen LogP contribution < -0.4 is 0 Å². The summed E-state index contributed by atoms with van der Waals surface area (Å²) in [5.41, 5.74) is 0. The molecule has 0 aliphatic heterocycles. The second-order valence-corrected chi connectivity index (χ2v) is 4.41. The van der Waals surface area contributed by atoms with Crippen LogP contribution in [-0.2, 0) is 9.59 Å². The highest BCUT2D eigenvalue weighted by Gasteiger charge is 2.00. The van der Waals surface area contributed by atoms with Crippen LogP contribution in [0.15, 0.2) is 0 Å². The Balaban J connectivity index is 0. The smallest absolute Gasteiger partial charge is 0.303 e. The normalized spacial score (nSPS) is 9.44. The lowest BCUT2D eigenvalue weighted by Gasteiger charge is -1.97. The first-order valence-electron chi connectivity index (χ1n) is 6.98. The lowest BCUT2D eigenvalue weighted by atomic mass is 10.1. The van der Waals surface area contributed by atoms with Crippen molar-refractivity contribution < 1.29 is 19.8 Å². The number of carboxylic acid groups (broad SMARTS) is 2. The third-order valence-corrected chi connectivity index (χ3v) is 2.51. The number of carboxylic acids is 2. The van der Waals surface area contributed by atoms with Gasteiger partial charge >= 0.3 is 11.9 Å². The zero-order chi connectivity index (χ0) is 14.2. The summed E-state index contributed by atoms with van der Waals surface area (Å²) in [7, 11) is 0. The van der Waals surface area contributed by atoms with E-state index in [1.807, 2.05) is 0 Å². The van der Waals surface area contributed by atoms with Gasteiger partial charge in [0.25, 0.3) is 0 Å². The molecule has 0 aliphatic carbocycles. The van der Waals surface area contributed by atoms with Gasteiger partial charge in [0.15, 0.2) is 0 Å². The molecule has 0 bridgehead atoms. The predicted octanol–water partition coefficient (Wildman–Crippen LogP) is 4.08. The Bertz CT molecular complexity index is 180. The SMILES string of the molecule is CCCCCCCCCC.O=C(O)CCC(=O)O. The zero-order valence-electron chi connectivity index (χ0n) is 11.8. The maximum atomic E-state index is 9.64. The molecule has 0 unspecified atom stereocenters. The van der Waals surface area contributed by atoms with Crippen LogP contribution in [0.25, 0.3) is 0 Å². The van der Waals surface area contributed by atoms with Crippen molar-refractivity contribution in [2.75, 3.05) is 0 Å². The Morgan fingerprint density at radius 1 is 0.667 bits per heavy atom. The van der Waals surface area contributed by atoms with Crippen molar-refractivity contribution in [1.29, 1.82) is 0 Å². The van der Waals surface area contributed by atoms with Gasteiger partial charge in [0, 0.05) is 0 Å². The summed E-state index contributed by atoms with van der Waals surface area (Å²) in [6.07, 6.45) is 10.9. The van der Waals surface area contributed by atoms with Crippen molar-refractivity contribution >= 4 is 11.9 Å². The molecule has 0 saturated carbocycles. The molecular formula is C14H28O4. The largest absolute Gasteiger partial charge is 0.481 e. The van der Waals surface area contributed by atoms with Gasteiger partial charge in [-0.2, -0.15) is 0 Å². The van der Waals surface area contributed by atoms with Gasteiger partial charge in [-0.25, -0.2) is 0 Å². The topological polar surface area (TPSA) is 74.6 Å². The summed E-state index contributed by atoms with van der Waals surface area (Å²) in [4.78, 5) is 19.3. The molecule has 0 fully saturated rings. The van der Waals surface area contributed by atoms with Crippen molar-refractivity contribution in [2.24, 2.45) is 0 Å². The van der Waals surface area contributed by atoms with Gasteiger partial charge in [-0.05, 0) is 0 Å². The number of hydrogen-bond acceptors (Lipinski definition) is 2. The van der Waals surface area contributed by atoms with E-state index < -0.39 is 11.9 Å². The van der Waals surface area contributed by atoms with E-state index in [2.05, 4.69) is 13.8 Å². The van der Waals surface area contributed by atoms with Crippen LogP contribution in [0, 0.1) is 0 Å². The van der Waals surface area contributed by atoms with Crippen LogP contribution in [0.4, 0.5) is 0 Å². The highest BCUT2D eigenvalue weighted by atomic mass is 16.4. The van der Waals surface area contributed by atoms with Crippen molar-refractivity contribution in [2.45, 2.75) is 78.1 Å². The van der Waals surface area contributed by atoms with Crippen LogP contribution in [0.2, 0.25) is 0 Å². The molecule has 0 radical (unpaired) electrons. The maximum Gasteiger partial charge on any atom is 0.303 e. The Labute approximate surface area is 110 Å². The fraction of sp³-hybridized carbons (Fsp3) is 0.857. The maximum absolute atomic E-state index is 9.64. The molecule has 0 saturated heterocycles. The third-order valence-electron chi connectivity index (χ3n) is 2.51. The minimum absolute atomic E-state index is 0.296. The van der Waals surface area contributed by atoms with Gasteiger partial charge in [-0.3, -0.25) is 9.59 Å². The standard InChI is InChI=1S/C10H22.C4H6O4/c1-3-5-7-9-10-8-6-4-2;5-3(6)1-2-4(7)8/h3-10H2,1-2H3;1-2H2,(H,5,6)(H,7,8). The van der Waals surface area contributed by atoms with Crippen LogP contribution in [0.3, 0.4) is 0 Å². The van der Waals surface area contributed by atoms with E-state index >= 15 is 0 Å². The van der Waals surface area contributed by atoms with E-state index in [-0.39, 0.29) is 12.8 Å². The monoisotopic (exact) mass is 260 g/mol. The van der Waals surface area contributed by atoms with E-state index in [1.165, 1.54) is 51.4 Å². The van der Waals surface area contributed by atoms with Crippen molar-refractivity contribution in [1.82, 2.24) is 0 Å². The minimum atomic E-state index is -1.08. The Kier molecular flexibility index (Phi) is 17.1. The fourth-order valence-corrected chi connectivity index (χ4v) is 1.42. The summed E-state index contributed by atoms with van der Waals surface area (Å²) in [6, 6.07) is 0. The number of rotatable bonds is 10. The summed E-state index contributed by atoms with van der Waals surface area (Å²) in [5.74, 6) is -2.15. The number of aliphatic carboxylic acids is 2. The Morgan fingerprint density at radius 3 is 1.17 bits per heavy atom. The van der Waals surface area contributed by atoms with Gasteiger partial charge in [-0.1, -0.05) is 65.2 Å². The lowest BCUT2D eigenvalue weighted by molar-refractivity contribution is -0.143. The van der Waals surface area contributed by atoms with Crippen LogP contribution in [-0.4, -0.2) is 22.2 Å². The molecule has 0 aromatic carbocycles. The number of unbranched alkanes of at least 4 members (excludes halogenated alkanes) is 7. The summed E-state index contributed by atoms with van der Waals surface area (Å²) in [6.45, 7) is 4.54. The molecule has 0 amide bonds. The fourth-order valence-electron chi connectivity index (χ4n) is 1.42. The first kappa shape index (κ1) is 19.3. The molecule has 4 nitrogen and oxygen atoms in total. The molecule has 0 aliphatic rings. The Hall–Kier alpha value is -1.06. The predicted molar refractivity (Wildman–Crippen MR) is 72.8 cm³/mol. The van der Waals surface area contributed by atoms with Gasteiger partial charge in [0.1, 0.15) is 0 Å². The van der Waals surface area contributed by atoms with Gasteiger partial charge in [0.2, 0.25) is 0 Å². The number of hydrogen-bond donors (Lipinski definition) is 2. The molecule has 0 rings (SSSR count). The molecule has 0 atom stereocenters. The van der Waals surface area contributed by atoms with Gasteiger partial charge in [0.05, 0.1) is 12.8 Å². The molecule has 0 spiro atoms. The second kappa shape index (κ2) is 15.9.